The molecule has 1 aromatic carbocycles. The molecule has 0 bridgehead atoms. The Morgan fingerprint density at radius 1 is 1.12 bits per heavy atom. The van der Waals surface area contributed by atoms with Gasteiger partial charge in [-0.05, 0) is 29.8 Å². The van der Waals surface area contributed by atoms with E-state index in [1.165, 1.54) is 0 Å². The Hall–Kier alpha value is -3.40. The summed E-state index contributed by atoms with van der Waals surface area (Å²) >= 11 is 0. The lowest BCUT2D eigenvalue weighted by Crippen LogP contribution is -2.36. The Labute approximate surface area is 181 Å². The van der Waals surface area contributed by atoms with Gasteiger partial charge in [-0.25, -0.2) is 4.98 Å². The zero-order valence-corrected chi connectivity index (χ0v) is 17.5. The molecule has 1 aliphatic heterocycles. The van der Waals surface area contributed by atoms with Crippen molar-refractivity contribution in [1.82, 2.24) is 19.9 Å². The van der Waals surface area contributed by atoms with Crippen LogP contribution < -0.4 is 15.0 Å². The third kappa shape index (κ3) is 4.45. The Kier molecular flexibility index (Phi) is 5.88. The van der Waals surface area contributed by atoms with Crippen LogP contribution in [0.4, 0.5) is 13.2 Å². The van der Waals surface area contributed by atoms with Crippen LogP contribution in [-0.4, -0.2) is 40.6 Å². The molecule has 3 aromatic rings. The zero-order valence-electron chi connectivity index (χ0n) is 17.5. The van der Waals surface area contributed by atoms with Gasteiger partial charge in [-0.15, -0.1) is 0 Å². The van der Waals surface area contributed by atoms with Crippen molar-refractivity contribution in [3.8, 4) is 22.8 Å². The van der Waals surface area contributed by atoms with Gasteiger partial charge >= 0.3 is 6.18 Å². The normalized spacial score (nSPS) is 14.2. The molecule has 0 saturated carbocycles. The zero-order chi connectivity index (χ0) is 22.9. The maximum atomic E-state index is 12.9. The van der Waals surface area contributed by atoms with Crippen molar-refractivity contribution in [2.45, 2.75) is 25.7 Å². The van der Waals surface area contributed by atoms with E-state index in [-0.39, 0.29) is 24.2 Å². The monoisotopic (exact) mass is 446 g/mol. The van der Waals surface area contributed by atoms with Gasteiger partial charge in [-0.3, -0.25) is 14.7 Å². The lowest BCUT2D eigenvalue weighted by atomic mass is 10.1. The summed E-state index contributed by atoms with van der Waals surface area (Å²) in [7, 11) is 3.14. The number of nitrogens with zero attached hydrogens (tertiary/aromatic N) is 3. The van der Waals surface area contributed by atoms with E-state index >= 15 is 0 Å². The maximum Gasteiger partial charge on any atom is 0.449 e. The number of H-pyrrole nitrogens is 1. The highest BCUT2D eigenvalue weighted by atomic mass is 19.4. The molecule has 0 aliphatic carbocycles. The molecule has 1 aliphatic rings. The summed E-state index contributed by atoms with van der Waals surface area (Å²) in [6, 6.07) is 9.36. The summed E-state index contributed by atoms with van der Waals surface area (Å²) in [5.74, 6) is -0.00916. The molecule has 1 N–H and O–H groups in total. The average molecular weight is 446 g/mol. The summed E-state index contributed by atoms with van der Waals surface area (Å²) in [5, 5.41) is 0. The molecule has 0 fully saturated rings. The predicted molar refractivity (Wildman–Crippen MR) is 110 cm³/mol. The predicted octanol–water partition coefficient (Wildman–Crippen LogP) is 3.43. The second-order valence-corrected chi connectivity index (χ2v) is 7.42. The molecule has 0 saturated heterocycles. The Balaban J connectivity index is 1.48. The minimum atomic E-state index is -4.67. The molecule has 4 rings (SSSR count). The molecule has 32 heavy (non-hydrogen) atoms. The van der Waals surface area contributed by atoms with E-state index in [2.05, 4.69) is 9.97 Å². The van der Waals surface area contributed by atoms with Crippen LogP contribution in [0.2, 0.25) is 0 Å². The number of nitrogens with one attached hydrogen (secondary N) is 1. The van der Waals surface area contributed by atoms with E-state index in [1.807, 2.05) is 40.2 Å². The fourth-order valence-electron chi connectivity index (χ4n) is 3.69. The molecule has 3 heterocycles. The molecule has 0 amide bonds. The van der Waals surface area contributed by atoms with Crippen molar-refractivity contribution in [3.63, 3.8) is 0 Å². The van der Waals surface area contributed by atoms with E-state index in [0.717, 1.165) is 16.8 Å². The van der Waals surface area contributed by atoms with Crippen molar-refractivity contribution in [2.24, 2.45) is 0 Å². The highest BCUT2D eigenvalue weighted by molar-refractivity contribution is 5.64. The third-order valence-corrected chi connectivity index (χ3v) is 5.33. The van der Waals surface area contributed by atoms with Gasteiger partial charge in [-0.1, -0.05) is 6.07 Å². The minimum Gasteiger partial charge on any atom is -0.493 e. The summed E-state index contributed by atoms with van der Waals surface area (Å²) < 4.78 is 49.2. The number of alkyl halides is 3. The van der Waals surface area contributed by atoms with E-state index in [9.17, 15) is 18.0 Å². The number of fused-ring (bicyclic) bond motifs is 1. The lowest BCUT2D eigenvalue weighted by Gasteiger charge is -2.27. The van der Waals surface area contributed by atoms with Gasteiger partial charge in [0, 0.05) is 37.8 Å². The molecule has 2 aromatic heterocycles. The van der Waals surface area contributed by atoms with E-state index in [1.54, 1.807) is 20.4 Å². The standard InChI is InChI=1S/C22H21F3N4O3/c1-31-18-6-4-14(9-19(18)32-2)16-5-3-13(10-26-16)11-29-8-7-17-15(12-29)20(30)28-21(27-17)22(23,24)25/h3-6,9-10H,7-8,11-12H2,1-2H3,(H,27,28,30). The van der Waals surface area contributed by atoms with Crippen molar-refractivity contribution < 1.29 is 22.6 Å². The summed E-state index contributed by atoms with van der Waals surface area (Å²) in [6.07, 6.45) is -2.65. The first-order valence-electron chi connectivity index (χ1n) is 9.87. The van der Waals surface area contributed by atoms with Gasteiger partial charge < -0.3 is 14.5 Å². The van der Waals surface area contributed by atoms with Gasteiger partial charge in [0.1, 0.15) is 0 Å². The van der Waals surface area contributed by atoms with Crippen LogP contribution in [0, 0.1) is 0 Å². The van der Waals surface area contributed by atoms with Gasteiger partial charge in [-0.2, -0.15) is 13.2 Å². The van der Waals surface area contributed by atoms with Crippen molar-refractivity contribution in [2.75, 3.05) is 20.8 Å². The topological polar surface area (TPSA) is 80.3 Å². The second-order valence-electron chi connectivity index (χ2n) is 7.42. The van der Waals surface area contributed by atoms with E-state index in [4.69, 9.17) is 9.47 Å². The smallest absolute Gasteiger partial charge is 0.449 e. The maximum absolute atomic E-state index is 12.9. The molecule has 0 unspecified atom stereocenters. The van der Waals surface area contributed by atoms with Gasteiger partial charge in [0.15, 0.2) is 11.5 Å². The van der Waals surface area contributed by atoms with Crippen LogP contribution >= 0.6 is 0 Å². The number of aromatic nitrogens is 3. The van der Waals surface area contributed by atoms with Crippen LogP contribution in [0.3, 0.4) is 0 Å². The summed E-state index contributed by atoms with van der Waals surface area (Å²) in [4.78, 5) is 24.2. The first-order valence-corrected chi connectivity index (χ1v) is 9.87. The number of hydrogen-bond donors (Lipinski definition) is 1. The first kappa shape index (κ1) is 21.8. The fourth-order valence-corrected chi connectivity index (χ4v) is 3.69. The number of methoxy groups -OCH3 is 2. The number of hydrogen-bond acceptors (Lipinski definition) is 6. The van der Waals surface area contributed by atoms with Gasteiger partial charge in [0.05, 0.1) is 31.2 Å². The number of halogens is 3. The van der Waals surface area contributed by atoms with Gasteiger partial charge in [0.2, 0.25) is 5.82 Å². The SMILES string of the molecule is COc1ccc(-c2ccc(CN3CCc4nc(C(F)(F)F)[nH]c(=O)c4C3)cn2)cc1OC. The molecule has 0 radical (unpaired) electrons. The number of aromatic amines is 1. The molecule has 168 valence electrons. The number of ether oxygens (including phenoxy) is 2. The quantitative estimate of drug-likeness (QED) is 0.647. The minimum absolute atomic E-state index is 0.208. The Morgan fingerprint density at radius 3 is 2.56 bits per heavy atom. The highest BCUT2D eigenvalue weighted by Crippen LogP contribution is 2.32. The Bertz CT molecular complexity index is 1180. The van der Waals surface area contributed by atoms with E-state index < -0.39 is 17.6 Å². The van der Waals surface area contributed by atoms with Crippen LogP contribution in [0.15, 0.2) is 41.3 Å². The second kappa shape index (κ2) is 8.62. The number of pyridine rings is 1. The number of rotatable bonds is 5. The molecule has 0 spiro atoms. The Morgan fingerprint density at radius 2 is 1.91 bits per heavy atom. The molecular weight excluding hydrogens is 425 g/mol. The highest BCUT2D eigenvalue weighted by Gasteiger charge is 2.35. The molecule has 0 atom stereocenters. The molecule has 10 heteroatoms. The third-order valence-electron chi connectivity index (χ3n) is 5.33. The van der Waals surface area contributed by atoms with Crippen LogP contribution in [-0.2, 0) is 25.7 Å². The van der Waals surface area contributed by atoms with Crippen molar-refractivity contribution >= 4 is 0 Å². The molecule has 7 nitrogen and oxygen atoms in total. The lowest BCUT2D eigenvalue weighted by molar-refractivity contribution is -0.145. The summed E-state index contributed by atoms with van der Waals surface area (Å²) in [5.41, 5.74) is 2.31. The van der Waals surface area contributed by atoms with Crippen molar-refractivity contribution in [1.29, 1.82) is 0 Å². The average Bonchev–Trinajstić information content (AvgIpc) is 2.78. The van der Waals surface area contributed by atoms with Gasteiger partial charge in [0.25, 0.3) is 5.56 Å². The summed E-state index contributed by atoms with van der Waals surface area (Å²) in [6.45, 7) is 1.24. The van der Waals surface area contributed by atoms with E-state index in [0.29, 0.717) is 24.6 Å². The van der Waals surface area contributed by atoms with Crippen LogP contribution in [0.5, 0.6) is 11.5 Å². The van der Waals surface area contributed by atoms with Crippen molar-refractivity contribution in [3.05, 3.63) is 69.5 Å². The molecular formula is C22H21F3N4O3. The first-order chi connectivity index (χ1) is 15.3. The fraction of sp³-hybridized carbons (Fsp3) is 0.318. The largest absolute Gasteiger partial charge is 0.493 e. The van der Waals surface area contributed by atoms with Crippen LogP contribution in [0.25, 0.3) is 11.3 Å². The number of benzene rings is 1. The van der Waals surface area contributed by atoms with Crippen LogP contribution in [0.1, 0.15) is 22.6 Å².